The molecule has 0 radical (unpaired) electrons. The fraction of sp³-hybridized carbons (Fsp3) is 0.250. The highest BCUT2D eigenvalue weighted by Crippen LogP contribution is 2.29. The summed E-state index contributed by atoms with van der Waals surface area (Å²) in [5.74, 6) is 0. The van der Waals surface area contributed by atoms with Crippen LogP contribution in [0.25, 0.3) is 11.3 Å². The summed E-state index contributed by atoms with van der Waals surface area (Å²) in [4.78, 5) is 0.242. The van der Waals surface area contributed by atoms with E-state index in [0.29, 0.717) is 38.5 Å². The molecule has 6 nitrogen and oxygen atoms in total. The Balaban J connectivity index is 1.76. The van der Waals surface area contributed by atoms with E-state index in [-0.39, 0.29) is 4.90 Å². The zero-order valence-electron chi connectivity index (χ0n) is 14.9. The molecule has 1 aromatic heterocycles. The summed E-state index contributed by atoms with van der Waals surface area (Å²) in [7, 11) is -3.64. The van der Waals surface area contributed by atoms with Crippen molar-refractivity contribution in [1.82, 2.24) is 14.1 Å². The zero-order chi connectivity index (χ0) is 18.7. The first-order chi connectivity index (χ1) is 13.1. The minimum Gasteiger partial charge on any atom is -0.379 e. The summed E-state index contributed by atoms with van der Waals surface area (Å²) in [5.41, 5.74) is 2.34. The lowest BCUT2D eigenvalue weighted by Gasteiger charge is -2.25. The molecule has 1 saturated heterocycles. The van der Waals surface area contributed by atoms with E-state index in [0.717, 1.165) is 11.1 Å². The number of benzene rings is 2. The lowest BCUT2D eigenvalue weighted by molar-refractivity contribution is 0.0730. The van der Waals surface area contributed by atoms with Crippen LogP contribution in [-0.2, 0) is 21.3 Å². The highest BCUT2D eigenvalue weighted by molar-refractivity contribution is 7.89. The molecule has 0 bridgehead atoms. The third-order valence-corrected chi connectivity index (χ3v) is 6.45. The molecular formula is C20H21N3O3S. The van der Waals surface area contributed by atoms with Crippen LogP contribution in [0.2, 0.25) is 0 Å². The predicted octanol–water partition coefficient (Wildman–Crippen LogP) is 2.62. The quantitative estimate of drug-likeness (QED) is 0.679. The predicted molar refractivity (Wildman–Crippen MR) is 103 cm³/mol. The van der Waals surface area contributed by atoms with Crippen molar-refractivity contribution in [2.75, 3.05) is 26.3 Å². The number of morpholine rings is 1. The molecule has 1 aliphatic rings. The summed E-state index contributed by atoms with van der Waals surface area (Å²) in [6.07, 6.45) is 1.64. The van der Waals surface area contributed by atoms with Crippen LogP contribution in [0.4, 0.5) is 0 Å². The van der Waals surface area contributed by atoms with E-state index in [1.807, 2.05) is 60.7 Å². The maximum Gasteiger partial charge on any atom is 0.246 e. The van der Waals surface area contributed by atoms with Gasteiger partial charge in [-0.3, -0.25) is 4.68 Å². The Kier molecular flexibility index (Phi) is 5.07. The van der Waals surface area contributed by atoms with Gasteiger partial charge in [-0.05, 0) is 5.56 Å². The minimum atomic E-state index is -3.64. The Morgan fingerprint density at radius 3 is 2.22 bits per heavy atom. The summed E-state index contributed by atoms with van der Waals surface area (Å²) in [5, 5.41) is 4.62. The Morgan fingerprint density at radius 1 is 0.926 bits per heavy atom. The Morgan fingerprint density at radius 2 is 1.56 bits per heavy atom. The van der Waals surface area contributed by atoms with Gasteiger partial charge in [0.2, 0.25) is 10.0 Å². The topological polar surface area (TPSA) is 64.4 Å². The number of rotatable bonds is 5. The number of hydrogen-bond acceptors (Lipinski definition) is 4. The van der Waals surface area contributed by atoms with E-state index < -0.39 is 10.0 Å². The number of hydrogen-bond donors (Lipinski definition) is 0. The fourth-order valence-electron chi connectivity index (χ4n) is 3.17. The maximum atomic E-state index is 13.3. The standard InChI is InChI=1S/C20H21N3O3S/c24-27(25,23-11-13-26-14-12-23)19-16-22(15-17-7-3-1-4-8-17)21-20(19)18-9-5-2-6-10-18/h1-10,16H,11-15H2. The van der Waals surface area contributed by atoms with Crippen LogP contribution in [0.15, 0.2) is 71.8 Å². The summed E-state index contributed by atoms with van der Waals surface area (Å²) in [6.45, 7) is 2.07. The number of nitrogens with zero attached hydrogens (tertiary/aromatic N) is 3. The van der Waals surface area contributed by atoms with E-state index in [2.05, 4.69) is 5.10 Å². The summed E-state index contributed by atoms with van der Waals surface area (Å²) < 4.78 is 35.0. The summed E-state index contributed by atoms with van der Waals surface area (Å²) in [6, 6.07) is 19.3. The highest BCUT2D eigenvalue weighted by atomic mass is 32.2. The van der Waals surface area contributed by atoms with Crippen LogP contribution in [0.5, 0.6) is 0 Å². The van der Waals surface area contributed by atoms with Crippen LogP contribution in [0.3, 0.4) is 0 Å². The SMILES string of the molecule is O=S(=O)(c1cn(Cc2ccccc2)nc1-c1ccccc1)N1CCOCC1. The average Bonchev–Trinajstić information content (AvgIpc) is 3.15. The van der Waals surface area contributed by atoms with Gasteiger partial charge in [-0.2, -0.15) is 9.40 Å². The molecule has 0 saturated carbocycles. The Labute approximate surface area is 159 Å². The van der Waals surface area contributed by atoms with Gasteiger partial charge in [0, 0.05) is 24.8 Å². The molecule has 1 fully saturated rings. The fourth-order valence-corrected chi connectivity index (χ4v) is 4.73. The molecule has 0 unspecified atom stereocenters. The molecule has 7 heteroatoms. The molecule has 2 heterocycles. The lowest BCUT2D eigenvalue weighted by atomic mass is 10.2. The van der Waals surface area contributed by atoms with Crippen molar-refractivity contribution in [3.63, 3.8) is 0 Å². The van der Waals surface area contributed by atoms with Crippen LogP contribution in [-0.4, -0.2) is 48.8 Å². The highest BCUT2D eigenvalue weighted by Gasteiger charge is 2.31. The van der Waals surface area contributed by atoms with Crippen molar-refractivity contribution >= 4 is 10.0 Å². The second-order valence-electron chi connectivity index (χ2n) is 6.41. The summed E-state index contributed by atoms with van der Waals surface area (Å²) >= 11 is 0. The first kappa shape index (κ1) is 17.9. The van der Waals surface area contributed by atoms with E-state index >= 15 is 0 Å². The zero-order valence-corrected chi connectivity index (χ0v) is 15.7. The van der Waals surface area contributed by atoms with Gasteiger partial charge in [-0.25, -0.2) is 8.42 Å². The number of sulfonamides is 1. The molecule has 2 aromatic carbocycles. The van der Waals surface area contributed by atoms with Gasteiger partial charge in [0.05, 0.1) is 19.8 Å². The van der Waals surface area contributed by atoms with Crippen molar-refractivity contribution in [1.29, 1.82) is 0 Å². The first-order valence-corrected chi connectivity index (χ1v) is 10.3. The van der Waals surface area contributed by atoms with E-state index in [4.69, 9.17) is 4.74 Å². The molecular weight excluding hydrogens is 362 g/mol. The van der Waals surface area contributed by atoms with Gasteiger partial charge < -0.3 is 4.74 Å². The van der Waals surface area contributed by atoms with Gasteiger partial charge in [0.25, 0.3) is 0 Å². The largest absolute Gasteiger partial charge is 0.379 e. The van der Waals surface area contributed by atoms with Crippen molar-refractivity contribution < 1.29 is 13.2 Å². The van der Waals surface area contributed by atoms with E-state index in [1.165, 1.54) is 4.31 Å². The molecule has 0 aliphatic carbocycles. The monoisotopic (exact) mass is 383 g/mol. The average molecular weight is 383 g/mol. The second kappa shape index (κ2) is 7.64. The van der Waals surface area contributed by atoms with E-state index in [9.17, 15) is 8.42 Å². The molecule has 0 atom stereocenters. The third-order valence-electron chi connectivity index (χ3n) is 4.55. The third kappa shape index (κ3) is 3.80. The molecule has 3 aromatic rings. The molecule has 0 spiro atoms. The first-order valence-electron chi connectivity index (χ1n) is 8.89. The van der Waals surface area contributed by atoms with Crippen LogP contribution in [0, 0.1) is 0 Å². The van der Waals surface area contributed by atoms with Crippen molar-refractivity contribution in [3.8, 4) is 11.3 Å². The Hall–Kier alpha value is -2.48. The van der Waals surface area contributed by atoms with Gasteiger partial charge in [-0.15, -0.1) is 0 Å². The molecule has 140 valence electrons. The van der Waals surface area contributed by atoms with Crippen molar-refractivity contribution in [3.05, 3.63) is 72.4 Å². The van der Waals surface area contributed by atoms with E-state index in [1.54, 1.807) is 10.9 Å². The maximum absolute atomic E-state index is 13.3. The Bertz CT molecular complexity index is 995. The molecule has 4 rings (SSSR count). The van der Waals surface area contributed by atoms with Crippen LogP contribution >= 0.6 is 0 Å². The van der Waals surface area contributed by atoms with Crippen LogP contribution in [0.1, 0.15) is 5.56 Å². The van der Waals surface area contributed by atoms with Gasteiger partial charge in [0.1, 0.15) is 10.6 Å². The lowest BCUT2D eigenvalue weighted by Crippen LogP contribution is -2.40. The van der Waals surface area contributed by atoms with Crippen LogP contribution < -0.4 is 0 Å². The van der Waals surface area contributed by atoms with Crippen molar-refractivity contribution in [2.45, 2.75) is 11.4 Å². The number of aromatic nitrogens is 2. The normalized spacial score (nSPS) is 15.7. The number of ether oxygens (including phenoxy) is 1. The molecule has 0 N–H and O–H groups in total. The van der Waals surface area contributed by atoms with Gasteiger partial charge >= 0.3 is 0 Å². The van der Waals surface area contributed by atoms with Crippen molar-refractivity contribution in [2.24, 2.45) is 0 Å². The smallest absolute Gasteiger partial charge is 0.246 e. The molecule has 1 aliphatic heterocycles. The molecule has 0 amide bonds. The van der Waals surface area contributed by atoms with Gasteiger partial charge in [-0.1, -0.05) is 60.7 Å². The van der Waals surface area contributed by atoms with Gasteiger partial charge in [0.15, 0.2) is 0 Å². The second-order valence-corrected chi connectivity index (χ2v) is 8.31. The minimum absolute atomic E-state index is 0.242. The molecule has 27 heavy (non-hydrogen) atoms.